The number of rotatable bonds is 4. The van der Waals surface area contributed by atoms with Gasteiger partial charge >= 0.3 is 0 Å². The molecule has 0 radical (unpaired) electrons. The van der Waals surface area contributed by atoms with Gasteiger partial charge in [0, 0.05) is 49.7 Å². The van der Waals surface area contributed by atoms with Gasteiger partial charge in [0.2, 0.25) is 5.91 Å². The van der Waals surface area contributed by atoms with Crippen LogP contribution in [0.25, 0.3) is 11.0 Å². The van der Waals surface area contributed by atoms with Crippen molar-refractivity contribution in [1.82, 2.24) is 19.8 Å². The van der Waals surface area contributed by atoms with Crippen LogP contribution in [0, 0.1) is 0 Å². The molecule has 0 saturated carbocycles. The molecule has 29 heavy (non-hydrogen) atoms. The molecule has 0 aliphatic carbocycles. The van der Waals surface area contributed by atoms with Crippen LogP contribution in [0.3, 0.4) is 0 Å². The molecule has 1 aliphatic heterocycles. The Morgan fingerprint density at radius 1 is 1.21 bits per heavy atom. The third-order valence-electron chi connectivity index (χ3n) is 5.00. The van der Waals surface area contributed by atoms with E-state index >= 15 is 0 Å². The van der Waals surface area contributed by atoms with Crippen molar-refractivity contribution in [3.8, 4) is 5.75 Å². The molecule has 150 valence electrons. The summed E-state index contributed by atoms with van der Waals surface area (Å²) in [6.45, 7) is 4.17. The number of likely N-dealkylation sites (N-methyl/N-ethyl adjacent to an activating group) is 1. The molecule has 6 nitrogen and oxygen atoms in total. The fourth-order valence-corrected chi connectivity index (χ4v) is 3.81. The predicted molar refractivity (Wildman–Crippen MR) is 113 cm³/mol. The zero-order valence-corrected chi connectivity index (χ0v) is 17.3. The van der Waals surface area contributed by atoms with E-state index in [0.29, 0.717) is 31.2 Å². The predicted octanol–water partition coefficient (Wildman–Crippen LogP) is 3.52. The van der Waals surface area contributed by atoms with Gasteiger partial charge in [-0.15, -0.1) is 0 Å². The first kappa shape index (κ1) is 19.6. The first-order chi connectivity index (χ1) is 14.0. The summed E-state index contributed by atoms with van der Waals surface area (Å²) in [4.78, 5) is 25.3. The van der Waals surface area contributed by atoms with Gasteiger partial charge in [-0.1, -0.05) is 17.7 Å². The molecule has 1 amide bonds. The quantitative estimate of drug-likeness (QED) is 0.658. The molecule has 7 heteroatoms. The molecule has 0 bridgehead atoms. The molecular weight excluding hydrogens is 388 g/mol. The lowest BCUT2D eigenvalue weighted by molar-refractivity contribution is -0.131. The smallest absolute Gasteiger partial charge is 0.236 e. The lowest BCUT2D eigenvalue weighted by Crippen LogP contribution is -2.40. The number of hydrogen-bond acceptors (Lipinski definition) is 5. The maximum atomic E-state index is 12.9. The topological polar surface area (TPSA) is 58.6 Å². The van der Waals surface area contributed by atoms with Gasteiger partial charge in [0.05, 0.1) is 17.6 Å². The van der Waals surface area contributed by atoms with Crippen molar-refractivity contribution in [1.29, 1.82) is 0 Å². The third-order valence-corrected chi connectivity index (χ3v) is 5.23. The third kappa shape index (κ3) is 4.66. The van der Waals surface area contributed by atoms with E-state index in [0.717, 1.165) is 27.9 Å². The van der Waals surface area contributed by atoms with Gasteiger partial charge in [-0.3, -0.25) is 19.7 Å². The molecule has 0 saturated heterocycles. The molecular formula is C22H23ClN4O2. The molecule has 2 aromatic carbocycles. The maximum Gasteiger partial charge on any atom is 0.236 e. The minimum Gasteiger partial charge on any atom is -0.489 e. The summed E-state index contributed by atoms with van der Waals surface area (Å²) < 4.78 is 5.98. The molecule has 0 N–H and O–H groups in total. The number of aromatic nitrogens is 2. The monoisotopic (exact) mass is 410 g/mol. The van der Waals surface area contributed by atoms with Crippen molar-refractivity contribution < 1.29 is 9.53 Å². The van der Waals surface area contributed by atoms with Gasteiger partial charge in [-0.25, -0.2) is 0 Å². The highest BCUT2D eigenvalue weighted by molar-refractivity contribution is 6.30. The average Bonchev–Trinajstić information content (AvgIpc) is 2.84. The van der Waals surface area contributed by atoms with Crippen molar-refractivity contribution in [3.05, 3.63) is 64.9 Å². The molecule has 0 fully saturated rings. The van der Waals surface area contributed by atoms with Crippen molar-refractivity contribution in [2.24, 2.45) is 0 Å². The zero-order valence-electron chi connectivity index (χ0n) is 16.5. The number of hydrogen-bond donors (Lipinski definition) is 0. The highest BCUT2D eigenvalue weighted by Crippen LogP contribution is 2.28. The number of carbonyl (C=O) groups excluding carboxylic acids is 1. The van der Waals surface area contributed by atoms with Gasteiger partial charge in [0.25, 0.3) is 0 Å². The summed E-state index contributed by atoms with van der Waals surface area (Å²) in [5.41, 5.74) is 3.71. The second-order valence-corrected chi connectivity index (χ2v) is 7.92. The first-order valence-corrected chi connectivity index (χ1v) is 9.97. The minimum atomic E-state index is -0.00501. The SMILES string of the molecule is CC1CN(CC(=O)N(C)Cc2ccc3nccnc3c2)Cc2cc(Cl)ccc2O1. The normalized spacial score (nSPS) is 16.7. The molecule has 1 aliphatic rings. The molecule has 2 heterocycles. The van der Waals surface area contributed by atoms with E-state index < -0.39 is 0 Å². The van der Waals surface area contributed by atoms with Gasteiger partial charge < -0.3 is 9.64 Å². The molecule has 1 aromatic heterocycles. The Balaban J connectivity index is 1.43. The van der Waals surface area contributed by atoms with Crippen LogP contribution in [0.2, 0.25) is 5.02 Å². The van der Waals surface area contributed by atoms with Crippen LogP contribution in [-0.2, 0) is 17.9 Å². The summed E-state index contributed by atoms with van der Waals surface area (Å²) in [6, 6.07) is 11.5. The van der Waals surface area contributed by atoms with Crippen LogP contribution in [0.15, 0.2) is 48.8 Å². The van der Waals surface area contributed by atoms with E-state index in [-0.39, 0.29) is 12.0 Å². The van der Waals surface area contributed by atoms with Gasteiger partial charge in [0.15, 0.2) is 0 Å². The Bertz CT molecular complexity index is 1040. The number of benzene rings is 2. The van der Waals surface area contributed by atoms with Crippen molar-refractivity contribution >= 4 is 28.5 Å². The number of fused-ring (bicyclic) bond motifs is 2. The van der Waals surface area contributed by atoms with Crippen LogP contribution >= 0.6 is 11.6 Å². The zero-order chi connectivity index (χ0) is 20.4. The van der Waals surface area contributed by atoms with Gasteiger partial charge in [0.1, 0.15) is 11.9 Å². The molecule has 3 aromatic rings. The van der Waals surface area contributed by atoms with Crippen molar-refractivity contribution in [2.75, 3.05) is 20.1 Å². The summed E-state index contributed by atoms with van der Waals surface area (Å²) in [6.07, 6.45) is 3.34. The molecule has 0 spiro atoms. The average molecular weight is 411 g/mol. The van der Waals surface area contributed by atoms with Crippen molar-refractivity contribution in [2.45, 2.75) is 26.1 Å². The number of ether oxygens (including phenoxy) is 1. The second-order valence-electron chi connectivity index (χ2n) is 7.48. The fraction of sp³-hybridized carbons (Fsp3) is 0.318. The summed E-state index contributed by atoms with van der Waals surface area (Å²) in [5.74, 6) is 0.893. The number of carbonyl (C=O) groups is 1. The van der Waals surface area contributed by atoms with Crippen LogP contribution in [0.1, 0.15) is 18.1 Å². The Morgan fingerprint density at radius 3 is 2.83 bits per heavy atom. The maximum absolute atomic E-state index is 12.9. The van der Waals surface area contributed by atoms with E-state index in [1.54, 1.807) is 17.3 Å². The molecule has 1 atom stereocenters. The first-order valence-electron chi connectivity index (χ1n) is 9.59. The Labute approximate surface area is 175 Å². The highest BCUT2D eigenvalue weighted by atomic mass is 35.5. The van der Waals surface area contributed by atoms with E-state index in [1.807, 2.05) is 50.4 Å². The van der Waals surface area contributed by atoms with Crippen LogP contribution in [0.5, 0.6) is 5.75 Å². The lowest BCUT2D eigenvalue weighted by atomic mass is 10.1. The molecule has 1 unspecified atom stereocenters. The van der Waals surface area contributed by atoms with E-state index in [2.05, 4.69) is 14.9 Å². The Kier molecular flexibility index (Phi) is 5.65. The highest BCUT2D eigenvalue weighted by Gasteiger charge is 2.23. The molecule has 4 rings (SSSR count). The van der Waals surface area contributed by atoms with E-state index in [4.69, 9.17) is 16.3 Å². The fourth-order valence-electron chi connectivity index (χ4n) is 3.61. The standard InChI is InChI=1S/C22H23ClN4O2/c1-15-11-27(13-17-10-18(23)4-6-21(17)29-15)14-22(28)26(2)12-16-3-5-19-20(9-16)25-8-7-24-19/h3-10,15H,11-14H2,1-2H3. The number of nitrogens with zero attached hydrogens (tertiary/aromatic N) is 4. The van der Waals surface area contributed by atoms with Gasteiger partial charge in [-0.2, -0.15) is 0 Å². The minimum absolute atomic E-state index is 0.00501. The van der Waals surface area contributed by atoms with Crippen molar-refractivity contribution in [3.63, 3.8) is 0 Å². The lowest BCUT2D eigenvalue weighted by Gasteiger charge is -2.25. The van der Waals surface area contributed by atoms with Gasteiger partial charge in [-0.05, 0) is 42.8 Å². The van der Waals surface area contributed by atoms with Crippen LogP contribution in [-0.4, -0.2) is 51.9 Å². The number of halogens is 1. The largest absolute Gasteiger partial charge is 0.489 e. The summed E-state index contributed by atoms with van der Waals surface area (Å²) in [5, 5.41) is 0.671. The van der Waals surface area contributed by atoms with E-state index in [1.165, 1.54) is 0 Å². The second kappa shape index (κ2) is 8.35. The van der Waals surface area contributed by atoms with E-state index in [9.17, 15) is 4.79 Å². The summed E-state index contributed by atoms with van der Waals surface area (Å²) in [7, 11) is 1.83. The van der Waals surface area contributed by atoms with Crippen LogP contribution in [0.4, 0.5) is 0 Å². The number of amides is 1. The Morgan fingerprint density at radius 2 is 2.00 bits per heavy atom. The van der Waals surface area contributed by atoms with Crippen LogP contribution < -0.4 is 4.74 Å². The summed E-state index contributed by atoms with van der Waals surface area (Å²) >= 11 is 6.14. The Hall–Kier alpha value is -2.70.